The summed E-state index contributed by atoms with van der Waals surface area (Å²) in [6.45, 7) is 2.81. The number of pyridine rings is 1. The van der Waals surface area contributed by atoms with E-state index in [1.165, 1.54) is 0 Å². The number of hydrogen-bond acceptors (Lipinski definition) is 6. The highest BCUT2D eigenvalue weighted by Crippen LogP contribution is 2.31. The Hall–Kier alpha value is -3.00. The third-order valence-electron chi connectivity index (χ3n) is 4.64. The highest BCUT2D eigenvalue weighted by atomic mass is 16.5. The van der Waals surface area contributed by atoms with E-state index in [4.69, 9.17) is 9.73 Å². The minimum atomic E-state index is -0.0550. The topological polar surface area (TPSA) is 80.3 Å². The predicted molar refractivity (Wildman–Crippen MR) is 110 cm³/mol. The van der Waals surface area contributed by atoms with Gasteiger partial charge in [-0.1, -0.05) is 6.07 Å². The number of likely N-dealkylation sites (N-methyl/N-ethyl adjacent to an activating group) is 1. The van der Waals surface area contributed by atoms with Crippen molar-refractivity contribution in [3.8, 4) is 0 Å². The van der Waals surface area contributed by atoms with Crippen LogP contribution in [0.25, 0.3) is 5.52 Å². The van der Waals surface area contributed by atoms with E-state index in [1.807, 2.05) is 24.4 Å². The summed E-state index contributed by atoms with van der Waals surface area (Å²) in [4.78, 5) is 21.7. The zero-order chi connectivity index (χ0) is 19.7. The number of aromatic nitrogens is 2. The highest BCUT2D eigenvalue weighted by Gasteiger charge is 2.27. The van der Waals surface area contributed by atoms with Crippen molar-refractivity contribution >= 4 is 34.2 Å². The number of ketones is 1. The normalized spacial score (nSPS) is 18.5. The maximum Gasteiger partial charge on any atom is 0.187 e. The largest absolute Gasteiger partial charge is 0.490 e. The van der Waals surface area contributed by atoms with Crippen LogP contribution in [0.3, 0.4) is 0 Å². The first-order valence-electron chi connectivity index (χ1n) is 9.42. The van der Waals surface area contributed by atoms with E-state index >= 15 is 0 Å². The number of nitrogens with one attached hydrogen (secondary N) is 1. The zero-order valence-electron chi connectivity index (χ0n) is 16.5. The van der Waals surface area contributed by atoms with Gasteiger partial charge in [-0.3, -0.25) is 9.79 Å². The maximum atomic E-state index is 12.6. The number of hydrogen-bond donors (Lipinski definition) is 1. The van der Waals surface area contributed by atoms with Crippen molar-refractivity contribution in [3.05, 3.63) is 36.2 Å². The van der Waals surface area contributed by atoms with E-state index in [9.17, 15) is 4.79 Å². The molecule has 0 bridgehead atoms. The standard InChI is InChI=1S/C20H25N6O2/c1-26(2,3)10-7-22-20-19(16-6-4-5-9-25(16)24-20)23-14-13-18-15(12-17(14)27)21-8-11-28-18/h4-6,9,13H,7-8,10-12H2,1-3H3,(H,22,24)/q+1. The molecule has 146 valence electrons. The summed E-state index contributed by atoms with van der Waals surface area (Å²) in [5, 5.41) is 7.99. The van der Waals surface area contributed by atoms with Gasteiger partial charge in [0.15, 0.2) is 11.6 Å². The number of anilines is 1. The van der Waals surface area contributed by atoms with Gasteiger partial charge in [-0.15, -0.1) is 5.10 Å². The van der Waals surface area contributed by atoms with E-state index < -0.39 is 0 Å². The Balaban J connectivity index is 1.72. The molecule has 8 nitrogen and oxygen atoms in total. The molecule has 1 aliphatic heterocycles. The average molecular weight is 381 g/mol. The molecule has 2 aliphatic rings. The quantitative estimate of drug-likeness (QED) is 0.802. The first-order valence-corrected chi connectivity index (χ1v) is 9.42. The van der Waals surface area contributed by atoms with Gasteiger partial charge in [0.2, 0.25) is 0 Å². The Kier molecular flexibility index (Phi) is 4.72. The molecule has 0 spiro atoms. The summed E-state index contributed by atoms with van der Waals surface area (Å²) in [5.41, 5.74) is 2.61. The monoisotopic (exact) mass is 381 g/mol. The number of Topliss-reactive ketones (excluding diaryl/α,β-unsaturated/α-hetero) is 1. The van der Waals surface area contributed by atoms with Crippen LogP contribution >= 0.6 is 0 Å². The van der Waals surface area contributed by atoms with E-state index in [2.05, 4.69) is 36.6 Å². The molecule has 1 aliphatic carbocycles. The summed E-state index contributed by atoms with van der Waals surface area (Å²) >= 11 is 0. The summed E-state index contributed by atoms with van der Waals surface area (Å²) in [6, 6.07) is 5.80. The lowest BCUT2D eigenvalue weighted by Crippen LogP contribution is -2.38. The lowest BCUT2D eigenvalue weighted by molar-refractivity contribution is -0.868. The van der Waals surface area contributed by atoms with Crippen LogP contribution < -0.4 is 5.32 Å². The molecule has 0 saturated heterocycles. The fourth-order valence-corrected chi connectivity index (χ4v) is 3.15. The Morgan fingerprint density at radius 2 is 2.18 bits per heavy atom. The predicted octanol–water partition coefficient (Wildman–Crippen LogP) is 1.85. The summed E-state index contributed by atoms with van der Waals surface area (Å²) in [5.74, 6) is 1.27. The molecule has 1 N–H and O–H groups in total. The lowest BCUT2D eigenvalue weighted by Gasteiger charge is -2.23. The second-order valence-electron chi connectivity index (χ2n) is 7.95. The van der Waals surface area contributed by atoms with Crippen LogP contribution in [0, 0.1) is 0 Å². The molecule has 0 radical (unpaired) electrons. The second-order valence-corrected chi connectivity index (χ2v) is 7.95. The first-order chi connectivity index (χ1) is 13.4. The van der Waals surface area contributed by atoms with Gasteiger partial charge in [0.25, 0.3) is 0 Å². The number of fused-ring (bicyclic) bond motifs is 2. The van der Waals surface area contributed by atoms with Crippen molar-refractivity contribution in [2.45, 2.75) is 6.42 Å². The summed E-state index contributed by atoms with van der Waals surface area (Å²) < 4.78 is 8.28. The molecule has 0 saturated carbocycles. The van der Waals surface area contributed by atoms with Crippen molar-refractivity contribution in [2.24, 2.45) is 9.98 Å². The zero-order valence-corrected chi connectivity index (χ0v) is 16.5. The van der Waals surface area contributed by atoms with Crippen LogP contribution in [0.15, 0.2) is 46.2 Å². The van der Waals surface area contributed by atoms with E-state index in [0.29, 0.717) is 36.1 Å². The number of carbonyl (C=O) groups is 1. The van der Waals surface area contributed by atoms with Gasteiger partial charge in [0.1, 0.15) is 23.8 Å². The Morgan fingerprint density at radius 3 is 3.00 bits per heavy atom. The number of quaternary nitrogens is 1. The molecule has 4 rings (SSSR count). The second kappa shape index (κ2) is 7.20. The van der Waals surface area contributed by atoms with Crippen LogP contribution in [0.4, 0.5) is 11.5 Å². The number of carbonyl (C=O) groups excluding carboxylic acids is 1. The molecule has 0 atom stereocenters. The Labute approximate surface area is 163 Å². The number of rotatable bonds is 5. The van der Waals surface area contributed by atoms with Crippen LogP contribution in [0.1, 0.15) is 6.42 Å². The molecule has 0 aromatic carbocycles. The van der Waals surface area contributed by atoms with E-state index in [0.717, 1.165) is 28.8 Å². The highest BCUT2D eigenvalue weighted by molar-refractivity contribution is 6.51. The van der Waals surface area contributed by atoms with Crippen LogP contribution in [0.2, 0.25) is 0 Å². The fraction of sp³-hybridized carbons (Fsp3) is 0.400. The Bertz CT molecular complexity index is 1010. The molecule has 8 heteroatoms. The lowest BCUT2D eigenvalue weighted by atomic mass is 10.00. The number of allylic oxidation sites excluding steroid dienone is 2. The van der Waals surface area contributed by atoms with Gasteiger partial charge in [-0.2, -0.15) is 0 Å². The van der Waals surface area contributed by atoms with Gasteiger partial charge in [-0.25, -0.2) is 9.51 Å². The molecule has 2 aromatic rings. The summed E-state index contributed by atoms with van der Waals surface area (Å²) in [7, 11) is 6.42. The third-order valence-corrected chi connectivity index (χ3v) is 4.64. The Morgan fingerprint density at radius 1 is 1.32 bits per heavy atom. The van der Waals surface area contributed by atoms with Crippen LogP contribution in [-0.4, -0.2) is 78.7 Å². The van der Waals surface area contributed by atoms with Gasteiger partial charge in [-0.05, 0) is 12.1 Å². The number of aliphatic imine (C=N–C) groups is 2. The molecule has 0 fully saturated rings. The first kappa shape index (κ1) is 18.4. The van der Waals surface area contributed by atoms with Gasteiger partial charge >= 0.3 is 0 Å². The summed E-state index contributed by atoms with van der Waals surface area (Å²) in [6.07, 6.45) is 3.81. The van der Waals surface area contributed by atoms with Crippen molar-refractivity contribution in [1.29, 1.82) is 0 Å². The number of nitrogens with zero attached hydrogens (tertiary/aromatic N) is 5. The van der Waals surface area contributed by atoms with Crippen molar-refractivity contribution in [2.75, 3.05) is 52.7 Å². The van der Waals surface area contributed by atoms with Crippen molar-refractivity contribution in [3.63, 3.8) is 0 Å². The number of ether oxygens (including phenoxy) is 1. The SMILES string of the molecule is C[N+](C)(C)CCNc1nn2ccccc2c1N=C1C=C2OCCN=C2CC1=O. The van der Waals surface area contributed by atoms with Crippen LogP contribution in [0.5, 0.6) is 0 Å². The fourth-order valence-electron chi connectivity index (χ4n) is 3.15. The molecular weight excluding hydrogens is 356 g/mol. The van der Waals surface area contributed by atoms with Gasteiger partial charge < -0.3 is 14.5 Å². The molecule has 0 amide bonds. The van der Waals surface area contributed by atoms with Gasteiger partial charge in [0.05, 0.1) is 58.4 Å². The van der Waals surface area contributed by atoms with Crippen molar-refractivity contribution in [1.82, 2.24) is 9.61 Å². The van der Waals surface area contributed by atoms with Gasteiger partial charge in [0, 0.05) is 12.3 Å². The molecule has 3 heterocycles. The minimum absolute atomic E-state index is 0.0550. The van der Waals surface area contributed by atoms with E-state index in [-0.39, 0.29) is 12.2 Å². The average Bonchev–Trinajstić information content (AvgIpc) is 2.99. The molecular formula is C20H25N6O2+. The molecule has 0 unspecified atom stereocenters. The smallest absolute Gasteiger partial charge is 0.187 e. The van der Waals surface area contributed by atoms with E-state index in [1.54, 1.807) is 10.6 Å². The molecule has 28 heavy (non-hydrogen) atoms. The maximum absolute atomic E-state index is 12.6. The van der Waals surface area contributed by atoms with Crippen LogP contribution in [-0.2, 0) is 9.53 Å². The third kappa shape index (κ3) is 3.82. The minimum Gasteiger partial charge on any atom is -0.490 e. The molecule has 2 aromatic heterocycles. The van der Waals surface area contributed by atoms with Crippen molar-refractivity contribution < 1.29 is 14.0 Å².